The van der Waals surface area contributed by atoms with Gasteiger partial charge in [0.15, 0.2) is 0 Å². The zero-order chi connectivity index (χ0) is 12.2. The van der Waals surface area contributed by atoms with Crippen molar-refractivity contribution in [1.29, 1.82) is 0 Å². The molecule has 16 heavy (non-hydrogen) atoms. The van der Waals surface area contributed by atoms with Crippen LogP contribution in [-0.2, 0) is 11.3 Å². The van der Waals surface area contributed by atoms with Gasteiger partial charge < -0.3 is 9.84 Å². The lowest BCUT2D eigenvalue weighted by Crippen LogP contribution is -2.23. The minimum atomic E-state index is -0.609. The predicted molar refractivity (Wildman–Crippen MR) is 56.9 cm³/mol. The van der Waals surface area contributed by atoms with Gasteiger partial charge in [-0.2, -0.15) is 0 Å². The SMILES string of the molecule is CC(C)(CO)COCc1ccc(F)cc1F. The molecule has 1 aromatic carbocycles. The van der Waals surface area contributed by atoms with Crippen molar-refractivity contribution in [3.63, 3.8) is 0 Å². The van der Waals surface area contributed by atoms with Gasteiger partial charge in [0, 0.05) is 17.0 Å². The van der Waals surface area contributed by atoms with E-state index in [-0.39, 0.29) is 18.6 Å². The minimum Gasteiger partial charge on any atom is -0.396 e. The van der Waals surface area contributed by atoms with Crippen LogP contribution in [0.5, 0.6) is 0 Å². The first kappa shape index (κ1) is 13.1. The van der Waals surface area contributed by atoms with Crippen LogP contribution >= 0.6 is 0 Å². The fourth-order valence-electron chi connectivity index (χ4n) is 1.12. The lowest BCUT2D eigenvalue weighted by molar-refractivity contribution is 0.0188. The fraction of sp³-hybridized carbons (Fsp3) is 0.500. The molecule has 0 aliphatic heterocycles. The first-order valence-electron chi connectivity index (χ1n) is 5.07. The molecule has 0 aromatic heterocycles. The van der Waals surface area contributed by atoms with Crippen LogP contribution in [0.15, 0.2) is 18.2 Å². The van der Waals surface area contributed by atoms with Gasteiger partial charge in [-0.15, -0.1) is 0 Å². The second-order valence-electron chi connectivity index (χ2n) is 4.55. The van der Waals surface area contributed by atoms with Crippen LogP contribution in [0.1, 0.15) is 19.4 Å². The van der Waals surface area contributed by atoms with Crippen molar-refractivity contribution in [2.75, 3.05) is 13.2 Å². The third-order valence-corrected chi connectivity index (χ3v) is 2.19. The number of aliphatic hydroxyl groups is 1. The average molecular weight is 230 g/mol. The molecular formula is C12H16F2O2. The Balaban J connectivity index is 2.49. The van der Waals surface area contributed by atoms with Crippen molar-refractivity contribution >= 4 is 0 Å². The van der Waals surface area contributed by atoms with Gasteiger partial charge in [-0.3, -0.25) is 0 Å². The Morgan fingerprint density at radius 1 is 1.31 bits per heavy atom. The van der Waals surface area contributed by atoms with E-state index in [0.29, 0.717) is 12.2 Å². The zero-order valence-corrected chi connectivity index (χ0v) is 9.46. The molecule has 0 saturated heterocycles. The fourth-order valence-corrected chi connectivity index (χ4v) is 1.12. The lowest BCUT2D eigenvalue weighted by Gasteiger charge is -2.21. The molecule has 0 radical (unpaired) electrons. The Labute approximate surface area is 93.9 Å². The number of hydrogen-bond donors (Lipinski definition) is 1. The summed E-state index contributed by atoms with van der Waals surface area (Å²) >= 11 is 0. The summed E-state index contributed by atoms with van der Waals surface area (Å²) in [7, 11) is 0. The highest BCUT2D eigenvalue weighted by Crippen LogP contribution is 2.16. The molecule has 1 rings (SSSR count). The smallest absolute Gasteiger partial charge is 0.131 e. The largest absolute Gasteiger partial charge is 0.396 e. The Morgan fingerprint density at radius 2 is 2.00 bits per heavy atom. The van der Waals surface area contributed by atoms with Crippen LogP contribution < -0.4 is 0 Å². The summed E-state index contributed by atoms with van der Waals surface area (Å²) < 4.78 is 31.1. The van der Waals surface area contributed by atoms with Gasteiger partial charge in [0.25, 0.3) is 0 Å². The molecule has 0 heterocycles. The lowest BCUT2D eigenvalue weighted by atomic mass is 9.97. The monoisotopic (exact) mass is 230 g/mol. The van der Waals surface area contributed by atoms with Crippen LogP contribution in [-0.4, -0.2) is 18.3 Å². The van der Waals surface area contributed by atoms with Gasteiger partial charge >= 0.3 is 0 Å². The van der Waals surface area contributed by atoms with Gasteiger partial charge in [0.1, 0.15) is 11.6 Å². The first-order valence-corrected chi connectivity index (χ1v) is 5.07. The van der Waals surface area contributed by atoms with Crippen molar-refractivity contribution in [2.45, 2.75) is 20.5 Å². The van der Waals surface area contributed by atoms with Gasteiger partial charge in [0.2, 0.25) is 0 Å². The third kappa shape index (κ3) is 3.87. The van der Waals surface area contributed by atoms with Gasteiger partial charge in [-0.1, -0.05) is 19.9 Å². The zero-order valence-electron chi connectivity index (χ0n) is 9.46. The van der Waals surface area contributed by atoms with Crippen molar-refractivity contribution in [2.24, 2.45) is 5.41 Å². The summed E-state index contributed by atoms with van der Waals surface area (Å²) in [5, 5.41) is 8.98. The normalized spacial score (nSPS) is 11.8. The highest BCUT2D eigenvalue weighted by molar-refractivity contribution is 5.17. The molecule has 1 N–H and O–H groups in total. The van der Waals surface area contributed by atoms with E-state index in [1.807, 2.05) is 13.8 Å². The molecule has 0 aliphatic rings. The summed E-state index contributed by atoms with van der Waals surface area (Å²) in [6.07, 6.45) is 0. The molecular weight excluding hydrogens is 214 g/mol. The summed E-state index contributed by atoms with van der Waals surface area (Å²) in [5.41, 5.74) is -0.0357. The molecule has 0 atom stereocenters. The quantitative estimate of drug-likeness (QED) is 0.842. The van der Waals surface area contributed by atoms with E-state index >= 15 is 0 Å². The van der Waals surface area contributed by atoms with E-state index in [2.05, 4.69) is 0 Å². The van der Waals surface area contributed by atoms with E-state index in [0.717, 1.165) is 6.07 Å². The van der Waals surface area contributed by atoms with Crippen LogP contribution in [0.2, 0.25) is 0 Å². The van der Waals surface area contributed by atoms with Crippen LogP contribution in [0.25, 0.3) is 0 Å². The van der Waals surface area contributed by atoms with E-state index in [1.165, 1.54) is 12.1 Å². The van der Waals surface area contributed by atoms with Gasteiger partial charge in [0.05, 0.1) is 19.8 Å². The van der Waals surface area contributed by atoms with Crippen molar-refractivity contribution < 1.29 is 18.6 Å². The Kier molecular flexibility index (Phi) is 4.38. The molecule has 0 amide bonds. The van der Waals surface area contributed by atoms with Crippen LogP contribution in [0.3, 0.4) is 0 Å². The number of aliphatic hydroxyl groups excluding tert-OH is 1. The highest BCUT2D eigenvalue weighted by Gasteiger charge is 2.16. The van der Waals surface area contributed by atoms with E-state index in [4.69, 9.17) is 9.84 Å². The Bertz CT molecular complexity index is 351. The number of ether oxygens (including phenoxy) is 1. The summed E-state index contributed by atoms with van der Waals surface area (Å²) in [6.45, 7) is 4.08. The molecule has 2 nitrogen and oxygen atoms in total. The standard InChI is InChI=1S/C12H16F2O2/c1-12(2,7-15)8-16-6-9-3-4-10(13)5-11(9)14/h3-5,15H,6-8H2,1-2H3. The summed E-state index contributed by atoms with van der Waals surface area (Å²) in [4.78, 5) is 0. The minimum absolute atomic E-state index is 0.00109. The number of rotatable bonds is 5. The first-order chi connectivity index (χ1) is 7.44. The summed E-state index contributed by atoms with van der Waals surface area (Å²) in [6, 6.07) is 3.38. The number of halogens is 2. The maximum atomic E-state index is 13.2. The van der Waals surface area contributed by atoms with E-state index < -0.39 is 11.6 Å². The van der Waals surface area contributed by atoms with E-state index in [9.17, 15) is 8.78 Å². The van der Waals surface area contributed by atoms with E-state index in [1.54, 1.807) is 0 Å². The molecule has 4 heteroatoms. The average Bonchev–Trinajstić information content (AvgIpc) is 2.21. The topological polar surface area (TPSA) is 29.5 Å². The van der Waals surface area contributed by atoms with Gasteiger partial charge in [-0.25, -0.2) is 8.78 Å². The second-order valence-corrected chi connectivity index (χ2v) is 4.55. The van der Waals surface area contributed by atoms with Crippen molar-refractivity contribution in [3.05, 3.63) is 35.4 Å². The maximum absolute atomic E-state index is 13.2. The van der Waals surface area contributed by atoms with Crippen molar-refractivity contribution in [3.8, 4) is 0 Å². The van der Waals surface area contributed by atoms with Gasteiger partial charge in [-0.05, 0) is 6.07 Å². The molecule has 0 aliphatic carbocycles. The van der Waals surface area contributed by atoms with Crippen LogP contribution in [0.4, 0.5) is 8.78 Å². The molecule has 0 saturated carbocycles. The molecule has 0 spiro atoms. The summed E-state index contributed by atoms with van der Waals surface area (Å²) in [5.74, 6) is -1.21. The number of benzene rings is 1. The number of hydrogen-bond acceptors (Lipinski definition) is 2. The van der Waals surface area contributed by atoms with Crippen LogP contribution in [0, 0.1) is 17.0 Å². The predicted octanol–water partition coefficient (Wildman–Crippen LogP) is 2.50. The molecule has 0 unspecified atom stereocenters. The molecule has 0 bridgehead atoms. The molecule has 1 aromatic rings. The molecule has 90 valence electrons. The maximum Gasteiger partial charge on any atom is 0.131 e. The Morgan fingerprint density at radius 3 is 2.56 bits per heavy atom. The van der Waals surface area contributed by atoms with Crippen molar-refractivity contribution in [1.82, 2.24) is 0 Å². The third-order valence-electron chi connectivity index (χ3n) is 2.19. The second kappa shape index (κ2) is 5.37. The Hall–Kier alpha value is -1.00. The highest BCUT2D eigenvalue weighted by atomic mass is 19.1. The molecule has 0 fully saturated rings.